The molecule has 4 aliphatic carbocycles. The number of hydrogen-bond donors (Lipinski definition) is 1. The fraction of sp³-hybridized carbons (Fsp3) is 0.824. The first kappa shape index (κ1) is 13.2. The van der Waals surface area contributed by atoms with Crippen LogP contribution in [0.4, 0.5) is 0 Å². The Balaban J connectivity index is 1.95. The highest BCUT2D eigenvalue weighted by molar-refractivity contribution is 5.75. The second kappa shape index (κ2) is 4.36. The SMILES string of the molecule is C/C=C/CC(C)(C(=O)O)C12CC3CC(CC(C3)C1)C2. The number of carboxylic acid groups (broad SMARTS) is 1. The van der Waals surface area contributed by atoms with Crippen molar-refractivity contribution in [3.05, 3.63) is 12.2 Å². The van der Waals surface area contributed by atoms with Crippen molar-refractivity contribution in [1.29, 1.82) is 0 Å². The molecule has 2 heteroatoms. The van der Waals surface area contributed by atoms with Crippen LogP contribution in [0.5, 0.6) is 0 Å². The van der Waals surface area contributed by atoms with Crippen LogP contribution in [-0.4, -0.2) is 11.1 Å². The lowest BCUT2D eigenvalue weighted by Gasteiger charge is -2.61. The smallest absolute Gasteiger partial charge is 0.310 e. The van der Waals surface area contributed by atoms with E-state index in [4.69, 9.17) is 0 Å². The van der Waals surface area contributed by atoms with Crippen LogP contribution in [-0.2, 0) is 4.79 Å². The Bertz CT molecular complexity index is 374. The number of aliphatic carboxylic acids is 1. The molecule has 4 fully saturated rings. The molecule has 0 aromatic heterocycles. The van der Waals surface area contributed by atoms with Crippen LogP contribution in [0.2, 0.25) is 0 Å². The molecule has 4 rings (SSSR count). The number of carbonyl (C=O) groups is 1. The summed E-state index contributed by atoms with van der Waals surface area (Å²) in [6.45, 7) is 4.00. The van der Waals surface area contributed by atoms with Crippen LogP contribution in [0.1, 0.15) is 58.8 Å². The second-order valence-electron chi connectivity index (χ2n) is 7.61. The van der Waals surface area contributed by atoms with Gasteiger partial charge >= 0.3 is 5.97 Å². The first-order chi connectivity index (χ1) is 8.99. The van der Waals surface area contributed by atoms with Gasteiger partial charge in [-0.05, 0) is 82.0 Å². The van der Waals surface area contributed by atoms with Crippen LogP contribution in [0.3, 0.4) is 0 Å². The minimum absolute atomic E-state index is 0.0765. The van der Waals surface area contributed by atoms with Crippen molar-refractivity contribution in [2.45, 2.75) is 58.8 Å². The fourth-order valence-corrected chi connectivity index (χ4v) is 5.67. The highest BCUT2D eigenvalue weighted by Crippen LogP contribution is 2.66. The van der Waals surface area contributed by atoms with E-state index in [1.165, 1.54) is 38.5 Å². The Labute approximate surface area is 116 Å². The zero-order valence-electron chi connectivity index (χ0n) is 12.2. The fourth-order valence-electron chi connectivity index (χ4n) is 5.67. The molecule has 19 heavy (non-hydrogen) atoms. The van der Waals surface area contributed by atoms with E-state index >= 15 is 0 Å². The molecule has 0 amide bonds. The van der Waals surface area contributed by atoms with Gasteiger partial charge in [0.15, 0.2) is 0 Å². The molecule has 4 saturated carbocycles. The lowest BCUT2D eigenvalue weighted by molar-refractivity contribution is -0.175. The van der Waals surface area contributed by atoms with Crippen molar-refractivity contribution in [3.63, 3.8) is 0 Å². The lowest BCUT2D eigenvalue weighted by Crippen LogP contribution is -2.56. The Hall–Kier alpha value is -0.790. The molecule has 0 spiro atoms. The quantitative estimate of drug-likeness (QED) is 0.769. The van der Waals surface area contributed by atoms with E-state index < -0.39 is 11.4 Å². The van der Waals surface area contributed by atoms with Gasteiger partial charge in [-0.1, -0.05) is 12.2 Å². The van der Waals surface area contributed by atoms with Crippen LogP contribution < -0.4 is 0 Å². The summed E-state index contributed by atoms with van der Waals surface area (Å²) in [5, 5.41) is 9.89. The Kier molecular flexibility index (Phi) is 3.03. The van der Waals surface area contributed by atoms with E-state index in [2.05, 4.69) is 6.08 Å². The molecule has 1 atom stereocenters. The average molecular weight is 262 g/mol. The largest absolute Gasteiger partial charge is 0.481 e. The number of rotatable bonds is 4. The van der Waals surface area contributed by atoms with Gasteiger partial charge < -0.3 is 5.11 Å². The maximum absolute atomic E-state index is 12.0. The molecule has 0 radical (unpaired) electrons. The molecule has 0 aromatic rings. The van der Waals surface area contributed by atoms with Crippen molar-refractivity contribution >= 4 is 5.97 Å². The van der Waals surface area contributed by atoms with E-state index in [-0.39, 0.29) is 5.41 Å². The molecular formula is C17H26O2. The summed E-state index contributed by atoms with van der Waals surface area (Å²) in [6.07, 6.45) is 12.4. The molecule has 0 aromatic carbocycles. The van der Waals surface area contributed by atoms with Crippen molar-refractivity contribution < 1.29 is 9.90 Å². The lowest BCUT2D eigenvalue weighted by atomic mass is 9.42. The summed E-state index contributed by atoms with van der Waals surface area (Å²) in [5.41, 5.74) is -0.484. The number of hydrogen-bond acceptors (Lipinski definition) is 1. The van der Waals surface area contributed by atoms with Gasteiger partial charge in [-0.15, -0.1) is 0 Å². The predicted octanol–water partition coefficient (Wildman–Crippen LogP) is 4.26. The highest BCUT2D eigenvalue weighted by Gasteiger charge is 2.60. The summed E-state index contributed by atoms with van der Waals surface area (Å²) in [4.78, 5) is 12.0. The van der Waals surface area contributed by atoms with Crippen molar-refractivity contribution in [1.82, 2.24) is 0 Å². The van der Waals surface area contributed by atoms with Gasteiger partial charge in [-0.2, -0.15) is 0 Å². The van der Waals surface area contributed by atoms with Crippen LogP contribution in [0, 0.1) is 28.6 Å². The van der Waals surface area contributed by atoms with Crippen LogP contribution in [0.25, 0.3) is 0 Å². The topological polar surface area (TPSA) is 37.3 Å². The summed E-state index contributed by atoms with van der Waals surface area (Å²) in [7, 11) is 0. The molecule has 2 nitrogen and oxygen atoms in total. The van der Waals surface area contributed by atoms with Crippen LogP contribution >= 0.6 is 0 Å². The van der Waals surface area contributed by atoms with Crippen molar-refractivity contribution in [2.24, 2.45) is 28.6 Å². The first-order valence-electron chi connectivity index (χ1n) is 7.84. The number of carboxylic acids is 1. The van der Waals surface area contributed by atoms with E-state index in [1.54, 1.807) is 0 Å². The van der Waals surface area contributed by atoms with Gasteiger partial charge in [-0.3, -0.25) is 4.79 Å². The molecule has 0 saturated heterocycles. The zero-order chi connectivity index (χ0) is 13.7. The molecular weight excluding hydrogens is 236 g/mol. The van der Waals surface area contributed by atoms with Gasteiger partial charge in [0, 0.05) is 0 Å². The van der Waals surface area contributed by atoms with Gasteiger partial charge in [0.05, 0.1) is 5.41 Å². The van der Waals surface area contributed by atoms with E-state index in [0.717, 1.165) is 17.8 Å². The Morgan fingerprint density at radius 1 is 1.21 bits per heavy atom. The standard InChI is InChI=1S/C17H26O2/c1-3-4-5-16(2,15(18)19)17-9-12-6-13(10-17)8-14(7-12)11-17/h3-4,12-14H,5-11H2,1-2H3,(H,18,19)/b4-3+. The van der Waals surface area contributed by atoms with Gasteiger partial charge in [0.1, 0.15) is 0 Å². The molecule has 106 valence electrons. The van der Waals surface area contributed by atoms with Crippen molar-refractivity contribution in [3.8, 4) is 0 Å². The van der Waals surface area contributed by atoms with E-state index in [1.807, 2.05) is 19.9 Å². The Morgan fingerprint density at radius 3 is 2.05 bits per heavy atom. The molecule has 1 unspecified atom stereocenters. The maximum Gasteiger partial charge on any atom is 0.310 e. The van der Waals surface area contributed by atoms with E-state index in [9.17, 15) is 9.90 Å². The predicted molar refractivity (Wildman–Crippen MR) is 75.8 cm³/mol. The summed E-state index contributed by atoms with van der Waals surface area (Å²) < 4.78 is 0. The van der Waals surface area contributed by atoms with Crippen molar-refractivity contribution in [2.75, 3.05) is 0 Å². The number of allylic oxidation sites excluding steroid dienone is 2. The molecule has 0 aliphatic heterocycles. The average Bonchev–Trinajstić information content (AvgIpc) is 2.33. The molecule has 0 heterocycles. The van der Waals surface area contributed by atoms with Gasteiger partial charge in [-0.25, -0.2) is 0 Å². The van der Waals surface area contributed by atoms with E-state index in [0.29, 0.717) is 6.42 Å². The summed E-state index contributed by atoms with van der Waals surface area (Å²) >= 11 is 0. The minimum Gasteiger partial charge on any atom is -0.481 e. The third-order valence-corrected chi connectivity index (χ3v) is 6.44. The monoisotopic (exact) mass is 262 g/mol. The normalized spacial score (nSPS) is 43.6. The highest BCUT2D eigenvalue weighted by atomic mass is 16.4. The molecule has 1 N–H and O–H groups in total. The minimum atomic E-state index is -0.576. The summed E-state index contributed by atoms with van der Waals surface area (Å²) in [5.74, 6) is 1.87. The Morgan fingerprint density at radius 2 is 1.68 bits per heavy atom. The molecule has 4 aliphatic rings. The maximum atomic E-state index is 12.0. The van der Waals surface area contributed by atoms with Crippen LogP contribution in [0.15, 0.2) is 12.2 Å². The first-order valence-corrected chi connectivity index (χ1v) is 7.84. The molecule has 4 bridgehead atoms. The second-order valence-corrected chi connectivity index (χ2v) is 7.61. The zero-order valence-corrected chi connectivity index (χ0v) is 12.2. The third kappa shape index (κ3) is 1.86. The summed E-state index contributed by atoms with van der Waals surface area (Å²) in [6, 6.07) is 0. The third-order valence-electron chi connectivity index (χ3n) is 6.44. The van der Waals surface area contributed by atoms with Gasteiger partial charge in [0.25, 0.3) is 0 Å². The van der Waals surface area contributed by atoms with Gasteiger partial charge in [0.2, 0.25) is 0 Å².